The topological polar surface area (TPSA) is 29.1 Å². The van der Waals surface area contributed by atoms with Crippen molar-refractivity contribution in [1.82, 2.24) is 0 Å². The molecular formula is C15H22ClNO. The fraction of sp³-hybridized carbons (Fsp3) is 0.533. The number of carbonyl (C=O) groups is 1. The van der Waals surface area contributed by atoms with E-state index in [1.807, 2.05) is 19.1 Å². The average Bonchev–Trinajstić information content (AvgIpc) is 2.35. The summed E-state index contributed by atoms with van der Waals surface area (Å²) in [6.07, 6.45) is 4.06. The largest absolute Gasteiger partial charge is 0.326 e. The van der Waals surface area contributed by atoms with Crippen molar-refractivity contribution in [2.45, 2.75) is 46.5 Å². The zero-order valence-corrected chi connectivity index (χ0v) is 12.2. The quantitative estimate of drug-likeness (QED) is 0.788. The van der Waals surface area contributed by atoms with E-state index in [1.165, 1.54) is 0 Å². The lowest BCUT2D eigenvalue weighted by Gasteiger charge is -2.15. The Bertz CT molecular complexity index is 403. The number of rotatable bonds is 6. The van der Waals surface area contributed by atoms with Gasteiger partial charge in [-0.25, -0.2) is 0 Å². The van der Waals surface area contributed by atoms with Gasteiger partial charge < -0.3 is 5.32 Å². The molecule has 0 unspecified atom stereocenters. The highest BCUT2D eigenvalue weighted by Gasteiger charge is 2.15. The molecule has 18 heavy (non-hydrogen) atoms. The van der Waals surface area contributed by atoms with Crippen molar-refractivity contribution in [1.29, 1.82) is 0 Å². The molecule has 0 aliphatic heterocycles. The van der Waals surface area contributed by atoms with Gasteiger partial charge in [-0.2, -0.15) is 0 Å². The maximum atomic E-state index is 12.1. The Labute approximate surface area is 115 Å². The van der Waals surface area contributed by atoms with E-state index >= 15 is 0 Å². The summed E-state index contributed by atoms with van der Waals surface area (Å²) in [6, 6.07) is 5.62. The number of aryl methyl sites for hydroxylation is 1. The van der Waals surface area contributed by atoms with Crippen LogP contribution < -0.4 is 5.32 Å². The van der Waals surface area contributed by atoms with Gasteiger partial charge in [-0.3, -0.25) is 4.79 Å². The van der Waals surface area contributed by atoms with E-state index in [0.717, 1.165) is 36.9 Å². The van der Waals surface area contributed by atoms with Crippen LogP contribution in [0.5, 0.6) is 0 Å². The second-order valence-corrected chi connectivity index (χ2v) is 5.11. The highest BCUT2D eigenvalue weighted by atomic mass is 35.5. The summed E-state index contributed by atoms with van der Waals surface area (Å²) in [7, 11) is 0. The minimum Gasteiger partial charge on any atom is -0.326 e. The van der Waals surface area contributed by atoms with E-state index in [2.05, 4.69) is 19.2 Å². The van der Waals surface area contributed by atoms with Crippen molar-refractivity contribution in [3.05, 3.63) is 28.8 Å². The number of amides is 1. The first-order valence-corrected chi connectivity index (χ1v) is 7.03. The number of carbonyl (C=O) groups excluding carboxylic acids is 1. The summed E-state index contributed by atoms with van der Waals surface area (Å²) in [6.45, 7) is 6.15. The van der Waals surface area contributed by atoms with Crippen LogP contribution in [-0.4, -0.2) is 5.91 Å². The van der Waals surface area contributed by atoms with Gasteiger partial charge in [0.25, 0.3) is 0 Å². The van der Waals surface area contributed by atoms with Crippen LogP contribution >= 0.6 is 11.6 Å². The second-order valence-electron chi connectivity index (χ2n) is 4.70. The molecule has 1 atom stereocenters. The van der Waals surface area contributed by atoms with Crippen molar-refractivity contribution in [2.75, 3.05) is 5.32 Å². The molecule has 2 nitrogen and oxygen atoms in total. The summed E-state index contributed by atoms with van der Waals surface area (Å²) in [5, 5.41) is 3.64. The van der Waals surface area contributed by atoms with E-state index < -0.39 is 0 Å². The number of hydrogen-bond acceptors (Lipinski definition) is 1. The summed E-state index contributed by atoms with van der Waals surface area (Å²) < 4.78 is 0. The van der Waals surface area contributed by atoms with Crippen molar-refractivity contribution >= 4 is 23.2 Å². The average molecular weight is 268 g/mol. The van der Waals surface area contributed by atoms with Gasteiger partial charge >= 0.3 is 0 Å². The van der Waals surface area contributed by atoms with Crippen molar-refractivity contribution < 1.29 is 4.79 Å². The molecule has 1 aromatic carbocycles. The van der Waals surface area contributed by atoms with Crippen molar-refractivity contribution in [3.8, 4) is 0 Å². The van der Waals surface area contributed by atoms with E-state index in [9.17, 15) is 4.79 Å². The Morgan fingerprint density at radius 3 is 2.67 bits per heavy atom. The Kier molecular flexibility index (Phi) is 6.20. The lowest BCUT2D eigenvalue weighted by atomic mass is 9.98. The number of anilines is 1. The number of benzene rings is 1. The molecule has 0 saturated heterocycles. The third-order valence-corrected chi connectivity index (χ3v) is 3.62. The van der Waals surface area contributed by atoms with Crippen LogP contribution in [-0.2, 0) is 4.79 Å². The van der Waals surface area contributed by atoms with Crippen LogP contribution in [0.4, 0.5) is 5.69 Å². The standard InChI is InChI=1S/C15H22ClNO/c1-4-6-7-12(5-2)15(18)17-13-9-8-11(3)14(16)10-13/h8-10,12H,4-7H2,1-3H3,(H,17,18)/t12-/m0/s1. The number of nitrogens with one attached hydrogen (secondary N) is 1. The third kappa shape index (κ3) is 4.34. The highest BCUT2D eigenvalue weighted by Crippen LogP contribution is 2.21. The number of halogens is 1. The molecule has 1 N–H and O–H groups in total. The van der Waals surface area contributed by atoms with Crippen LogP contribution in [0.1, 0.15) is 45.1 Å². The SMILES string of the molecule is CCCC[C@H](CC)C(=O)Nc1ccc(C)c(Cl)c1. The van der Waals surface area contributed by atoms with Gasteiger partial charge in [-0.15, -0.1) is 0 Å². The van der Waals surface area contributed by atoms with Gasteiger partial charge in [-0.05, 0) is 37.5 Å². The summed E-state index contributed by atoms with van der Waals surface area (Å²) in [5.41, 5.74) is 1.80. The fourth-order valence-electron chi connectivity index (χ4n) is 1.89. The van der Waals surface area contributed by atoms with Gasteiger partial charge in [-0.1, -0.05) is 44.4 Å². The first kappa shape index (κ1) is 15.0. The van der Waals surface area contributed by atoms with Crippen LogP contribution in [0, 0.1) is 12.8 Å². The third-order valence-electron chi connectivity index (χ3n) is 3.21. The van der Waals surface area contributed by atoms with Gasteiger partial charge in [0.15, 0.2) is 0 Å². The van der Waals surface area contributed by atoms with E-state index in [4.69, 9.17) is 11.6 Å². The number of unbranched alkanes of at least 4 members (excludes halogenated alkanes) is 1. The van der Waals surface area contributed by atoms with Crippen LogP contribution in [0.2, 0.25) is 5.02 Å². The molecule has 0 aliphatic carbocycles. The minimum absolute atomic E-state index is 0.102. The number of hydrogen-bond donors (Lipinski definition) is 1. The van der Waals surface area contributed by atoms with Crippen molar-refractivity contribution in [3.63, 3.8) is 0 Å². The maximum absolute atomic E-state index is 12.1. The molecule has 1 amide bonds. The molecule has 0 radical (unpaired) electrons. The molecule has 0 bridgehead atoms. The zero-order chi connectivity index (χ0) is 13.5. The van der Waals surface area contributed by atoms with Gasteiger partial charge in [0.2, 0.25) is 5.91 Å². The summed E-state index contributed by atoms with van der Waals surface area (Å²) in [5.74, 6) is 0.205. The van der Waals surface area contributed by atoms with Gasteiger partial charge in [0.05, 0.1) is 0 Å². The van der Waals surface area contributed by atoms with Crippen LogP contribution in [0.25, 0.3) is 0 Å². The molecule has 100 valence electrons. The molecule has 0 aromatic heterocycles. The molecule has 0 saturated carbocycles. The second kappa shape index (κ2) is 7.42. The smallest absolute Gasteiger partial charge is 0.227 e. The Hall–Kier alpha value is -1.02. The first-order valence-electron chi connectivity index (χ1n) is 6.65. The molecule has 0 spiro atoms. The molecule has 0 heterocycles. The van der Waals surface area contributed by atoms with E-state index in [1.54, 1.807) is 6.07 Å². The molecular weight excluding hydrogens is 246 g/mol. The normalized spacial score (nSPS) is 12.2. The molecule has 1 rings (SSSR count). The molecule has 0 fully saturated rings. The lowest BCUT2D eigenvalue weighted by molar-refractivity contribution is -0.120. The molecule has 0 aliphatic rings. The highest BCUT2D eigenvalue weighted by molar-refractivity contribution is 6.31. The minimum atomic E-state index is 0.102. The molecule has 3 heteroatoms. The Morgan fingerprint density at radius 1 is 1.39 bits per heavy atom. The van der Waals surface area contributed by atoms with E-state index in [0.29, 0.717) is 5.02 Å². The first-order chi connectivity index (χ1) is 8.58. The summed E-state index contributed by atoms with van der Waals surface area (Å²) in [4.78, 5) is 12.1. The predicted molar refractivity (Wildman–Crippen MR) is 78.1 cm³/mol. The Balaban J connectivity index is 2.64. The Morgan fingerprint density at radius 2 is 2.11 bits per heavy atom. The maximum Gasteiger partial charge on any atom is 0.227 e. The van der Waals surface area contributed by atoms with Gasteiger partial charge in [0.1, 0.15) is 0 Å². The van der Waals surface area contributed by atoms with Crippen molar-refractivity contribution in [2.24, 2.45) is 5.92 Å². The van der Waals surface area contributed by atoms with E-state index in [-0.39, 0.29) is 11.8 Å². The fourth-order valence-corrected chi connectivity index (χ4v) is 2.07. The predicted octanol–water partition coefficient (Wildman–Crippen LogP) is 4.80. The molecule has 1 aromatic rings. The summed E-state index contributed by atoms with van der Waals surface area (Å²) >= 11 is 6.04. The monoisotopic (exact) mass is 267 g/mol. The zero-order valence-electron chi connectivity index (χ0n) is 11.4. The lowest BCUT2D eigenvalue weighted by Crippen LogP contribution is -2.22. The van der Waals surface area contributed by atoms with Crippen LogP contribution in [0.3, 0.4) is 0 Å². The van der Waals surface area contributed by atoms with Crippen LogP contribution in [0.15, 0.2) is 18.2 Å². The van der Waals surface area contributed by atoms with Gasteiger partial charge in [0, 0.05) is 16.6 Å².